The Kier molecular flexibility index (Phi) is 8.04. The number of halogens is 1. The lowest BCUT2D eigenvalue weighted by Crippen LogP contribution is -2.40. The van der Waals surface area contributed by atoms with Crippen LogP contribution >= 0.6 is 11.6 Å². The highest BCUT2D eigenvalue weighted by Gasteiger charge is 2.24. The Labute approximate surface area is 132 Å². The molecule has 0 spiro atoms. The molecule has 0 saturated carbocycles. The molecular formula is C16H26ClNO3. The van der Waals surface area contributed by atoms with Gasteiger partial charge in [0.1, 0.15) is 18.5 Å². The number of benzene rings is 1. The molecule has 1 aromatic carbocycles. The van der Waals surface area contributed by atoms with Crippen molar-refractivity contribution < 1.29 is 14.9 Å². The van der Waals surface area contributed by atoms with E-state index < -0.39 is 6.10 Å². The fourth-order valence-electron chi connectivity index (χ4n) is 2.09. The Hall–Kier alpha value is -0.810. The molecule has 0 fully saturated rings. The summed E-state index contributed by atoms with van der Waals surface area (Å²) in [5, 5.41) is 23.2. The Bertz CT molecular complexity index is 402. The molecule has 0 aliphatic heterocycles. The number of ether oxygens (including phenoxy) is 1. The minimum atomic E-state index is -0.603. The average molecular weight is 316 g/mol. The molecule has 1 unspecified atom stereocenters. The molecule has 3 N–H and O–H groups in total. The number of nitrogens with one attached hydrogen (secondary N) is 1. The van der Waals surface area contributed by atoms with Crippen LogP contribution in [0.3, 0.4) is 0 Å². The highest BCUT2D eigenvalue weighted by molar-refractivity contribution is 6.30. The highest BCUT2D eigenvalue weighted by Crippen LogP contribution is 2.24. The average Bonchev–Trinajstić information content (AvgIpc) is 2.50. The molecule has 0 aromatic heterocycles. The summed E-state index contributed by atoms with van der Waals surface area (Å²) in [4.78, 5) is 0. The minimum Gasteiger partial charge on any atom is -0.491 e. The van der Waals surface area contributed by atoms with Crippen LogP contribution in [0.2, 0.25) is 5.02 Å². The molecule has 1 atom stereocenters. The van der Waals surface area contributed by atoms with Crippen LogP contribution in [0.1, 0.15) is 26.7 Å². The molecule has 4 nitrogen and oxygen atoms in total. The van der Waals surface area contributed by atoms with Crippen molar-refractivity contribution in [2.75, 3.05) is 26.3 Å². The van der Waals surface area contributed by atoms with Gasteiger partial charge in [0, 0.05) is 30.1 Å². The van der Waals surface area contributed by atoms with E-state index in [0.29, 0.717) is 23.9 Å². The molecule has 1 aromatic rings. The van der Waals surface area contributed by atoms with Gasteiger partial charge in [0.25, 0.3) is 0 Å². The Morgan fingerprint density at radius 3 is 2.62 bits per heavy atom. The van der Waals surface area contributed by atoms with Crippen molar-refractivity contribution in [1.82, 2.24) is 5.32 Å². The molecule has 21 heavy (non-hydrogen) atoms. The van der Waals surface area contributed by atoms with Crippen LogP contribution in [0.4, 0.5) is 0 Å². The molecule has 0 aliphatic carbocycles. The zero-order valence-corrected chi connectivity index (χ0v) is 13.6. The van der Waals surface area contributed by atoms with Gasteiger partial charge in [0.15, 0.2) is 0 Å². The first-order valence-electron chi connectivity index (χ1n) is 7.43. The predicted octanol–water partition coefficient (Wildman–Crippen LogP) is 2.47. The summed E-state index contributed by atoms with van der Waals surface area (Å²) in [6.07, 6.45) is 1.21. The molecule has 120 valence electrons. The second-order valence-electron chi connectivity index (χ2n) is 5.42. The second-order valence-corrected chi connectivity index (χ2v) is 5.85. The van der Waals surface area contributed by atoms with Crippen molar-refractivity contribution >= 4 is 11.6 Å². The largest absolute Gasteiger partial charge is 0.491 e. The summed E-state index contributed by atoms with van der Waals surface area (Å²) in [6.45, 7) is 5.62. The highest BCUT2D eigenvalue weighted by atomic mass is 35.5. The Balaban J connectivity index is 2.29. The van der Waals surface area contributed by atoms with Crippen LogP contribution in [-0.2, 0) is 0 Å². The monoisotopic (exact) mass is 315 g/mol. The van der Waals surface area contributed by atoms with Crippen LogP contribution in [0.5, 0.6) is 5.75 Å². The van der Waals surface area contributed by atoms with E-state index in [4.69, 9.17) is 16.3 Å². The third kappa shape index (κ3) is 6.22. The van der Waals surface area contributed by atoms with E-state index in [0.717, 1.165) is 12.8 Å². The fourth-order valence-corrected chi connectivity index (χ4v) is 2.27. The molecule has 0 amide bonds. The van der Waals surface area contributed by atoms with Gasteiger partial charge in [-0.2, -0.15) is 0 Å². The summed E-state index contributed by atoms with van der Waals surface area (Å²) in [7, 11) is 0. The van der Waals surface area contributed by atoms with Crippen LogP contribution in [0, 0.1) is 5.41 Å². The smallest absolute Gasteiger partial charge is 0.120 e. The van der Waals surface area contributed by atoms with Crippen molar-refractivity contribution in [3.63, 3.8) is 0 Å². The SMILES string of the molecule is CCC(CC)(CO)CNCC(O)COc1cccc(Cl)c1. The molecule has 0 bridgehead atoms. The number of rotatable bonds is 10. The normalized spacial score (nSPS) is 13.2. The lowest BCUT2D eigenvalue weighted by Gasteiger charge is -2.30. The van der Waals surface area contributed by atoms with Gasteiger partial charge in [-0.1, -0.05) is 31.5 Å². The molecular weight excluding hydrogens is 290 g/mol. The van der Waals surface area contributed by atoms with Gasteiger partial charge in [-0.3, -0.25) is 0 Å². The van der Waals surface area contributed by atoms with E-state index in [1.807, 2.05) is 0 Å². The standard InChI is InChI=1S/C16H26ClNO3/c1-3-16(4-2,12-19)11-18-9-14(20)10-21-15-7-5-6-13(17)8-15/h5-8,14,18-20H,3-4,9-12H2,1-2H3. The number of aliphatic hydroxyl groups excluding tert-OH is 2. The maximum absolute atomic E-state index is 9.91. The van der Waals surface area contributed by atoms with Crippen LogP contribution < -0.4 is 10.1 Å². The van der Waals surface area contributed by atoms with E-state index in [9.17, 15) is 10.2 Å². The molecule has 0 saturated heterocycles. The summed E-state index contributed by atoms with van der Waals surface area (Å²) in [5.74, 6) is 0.647. The van der Waals surface area contributed by atoms with Gasteiger partial charge in [-0.25, -0.2) is 0 Å². The van der Waals surface area contributed by atoms with Crippen molar-refractivity contribution in [2.24, 2.45) is 5.41 Å². The summed E-state index contributed by atoms with van der Waals surface area (Å²) >= 11 is 5.86. The van der Waals surface area contributed by atoms with Gasteiger partial charge in [0.2, 0.25) is 0 Å². The number of hydrogen-bond acceptors (Lipinski definition) is 4. The Morgan fingerprint density at radius 1 is 1.33 bits per heavy atom. The predicted molar refractivity (Wildman–Crippen MR) is 85.9 cm³/mol. The van der Waals surface area contributed by atoms with E-state index in [1.54, 1.807) is 24.3 Å². The molecule has 0 aliphatic rings. The van der Waals surface area contributed by atoms with Gasteiger partial charge in [0.05, 0.1) is 0 Å². The van der Waals surface area contributed by atoms with Crippen LogP contribution in [0.15, 0.2) is 24.3 Å². The second kappa shape index (κ2) is 9.26. The van der Waals surface area contributed by atoms with E-state index in [-0.39, 0.29) is 18.6 Å². The van der Waals surface area contributed by atoms with Gasteiger partial charge in [-0.15, -0.1) is 0 Å². The molecule has 0 radical (unpaired) electrons. The van der Waals surface area contributed by atoms with Crippen molar-refractivity contribution in [1.29, 1.82) is 0 Å². The lowest BCUT2D eigenvalue weighted by atomic mass is 9.83. The zero-order valence-electron chi connectivity index (χ0n) is 12.8. The van der Waals surface area contributed by atoms with E-state index >= 15 is 0 Å². The minimum absolute atomic E-state index is 0.104. The van der Waals surface area contributed by atoms with E-state index in [1.165, 1.54) is 0 Å². The zero-order chi connectivity index (χ0) is 15.7. The van der Waals surface area contributed by atoms with Gasteiger partial charge in [-0.05, 0) is 31.0 Å². The summed E-state index contributed by atoms with van der Waals surface area (Å²) < 4.78 is 5.49. The first-order chi connectivity index (χ1) is 10.0. The maximum Gasteiger partial charge on any atom is 0.120 e. The molecule has 1 rings (SSSR count). The number of aliphatic hydroxyl groups is 2. The number of hydrogen-bond donors (Lipinski definition) is 3. The lowest BCUT2D eigenvalue weighted by molar-refractivity contribution is 0.0863. The van der Waals surface area contributed by atoms with Gasteiger partial charge >= 0.3 is 0 Å². The third-order valence-electron chi connectivity index (χ3n) is 3.95. The molecule has 0 heterocycles. The van der Waals surface area contributed by atoms with Crippen LogP contribution in [0.25, 0.3) is 0 Å². The van der Waals surface area contributed by atoms with E-state index in [2.05, 4.69) is 19.2 Å². The van der Waals surface area contributed by atoms with Gasteiger partial charge < -0.3 is 20.3 Å². The summed E-state index contributed by atoms with van der Waals surface area (Å²) in [5.41, 5.74) is -0.104. The first kappa shape index (κ1) is 18.2. The van der Waals surface area contributed by atoms with Crippen LogP contribution in [-0.4, -0.2) is 42.6 Å². The van der Waals surface area contributed by atoms with Crippen molar-refractivity contribution in [2.45, 2.75) is 32.8 Å². The fraction of sp³-hybridized carbons (Fsp3) is 0.625. The molecule has 5 heteroatoms. The topological polar surface area (TPSA) is 61.7 Å². The third-order valence-corrected chi connectivity index (χ3v) is 4.19. The Morgan fingerprint density at radius 2 is 2.05 bits per heavy atom. The van der Waals surface area contributed by atoms with Crippen molar-refractivity contribution in [3.05, 3.63) is 29.3 Å². The quantitative estimate of drug-likeness (QED) is 0.621. The first-order valence-corrected chi connectivity index (χ1v) is 7.81. The summed E-state index contributed by atoms with van der Waals surface area (Å²) in [6, 6.07) is 7.10. The maximum atomic E-state index is 9.91. The van der Waals surface area contributed by atoms with Crippen molar-refractivity contribution in [3.8, 4) is 5.75 Å².